The first-order valence-corrected chi connectivity index (χ1v) is 12.5. The van der Waals surface area contributed by atoms with Gasteiger partial charge in [-0.15, -0.1) is 0 Å². The average Bonchev–Trinajstić information content (AvgIpc) is 2.76. The summed E-state index contributed by atoms with van der Waals surface area (Å²) in [5, 5.41) is 2.98. The normalized spacial score (nSPS) is 23.8. The van der Waals surface area contributed by atoms with E-state index in [1.54, 1.807) is 0 Å². The van der Waals surface area contributed by atoms with Gasteiger partial charge in [0.2, 0.25) is 10.0 Å². The van der Waals surface area contributed by atoms with E-state index in [1.807, 2.05) is 0 Å². The van der Waals surface area contributed by atoms with Gasteiger partial charge in [-0.1, -0.05) is 26.7 Å². The molecule has 0 radical (unpaired) electrons. The Labute approximate surface area is 189 Å². The average molecular weight is 469 g/mol. The van der Waals surface area contributed by atoms with Gasteiger partial charge in [-0.3, -0.25) is 9.59 Å². The molecule has 1 aliphatic heterocycles. The highest BCUT2D eigenvalue weighted by molar-refractivity contribution is 7.89. The van der Waals surface area contributed by atoms with Gasteiger partial charge in [0.05, 0.1) is 11.3 Å². The zero-order chi connectivity index (χ0) is 23.3. The number of carbonyl (C=O) groups is 2. The van der Waals surface area contributed by atoms with E-state index in [2.05, 4.69) is 23.9 Å². The van der Waals surface area contributed by atoms with Crippen molar-refractivity contribution in [3.8, 4) is 11.5 Å². The number of hydrogen-bond donors (Lipinski definition) is 2. The van der Waals surface area contributed by atoms with Crippen LogP contribution in [-0.2, 0) is 24.3 Å². The molecule has 3 rings (SSSR count). The maximum absolute atomic E-state index is 12.5. The van der Waals surface area contributed by atoms with E-state index < -0.39 is 22.1 Å². The lowest BCUT2D eigenvalue weighted by molar-refractivity contribution is -0.155. The van der Waals surface area contributed by atoms with Gasteiger partial charge < -0.3 is 19.5 Å². The van der Waals surface area contributed by atoms with Crippen LogP contribution in [-0.4, -0.2) is 52.2 Å². The Morgan fingerprint density at radius 3 is 2.62 bits per heavy atom. The van der Waals surface area contributed by atoms with E-state index >= 15 is 0 Å². The first-order valence-electron chi connectivity index (χ1n) is 11.1. The molecule has 0 unspecified atom stereocenters. The molecule has 0 saturated heterocycles. The summed E-state index contributed by atoms with van der Waals surface area (Å²) in [5.74, 6) is 0.770. The fourth-order valence-corrected chi connectivity index (χ4v) is 5.00. The third-order valence-corrected chi connectivity index (χ3v) is 7.62. The summed E-state index contributed by atoms with van der Waals surface area (Å²) in [7, 11) is -3.84. The smallest absolute Gasteiger partial charge is 0.307 e. The predicted octanol–water partition coefficient (Wildman–Crippen LogP) is 2.00. The van der Waals surface area contributed by atoms with Crippen LogP contribution in [0.1, 0.15) is 46.5 Å². The van der Waals surface area contributed by atoms with Gasteiger partial charge >= 0.3 is 5.97 Å². The summed E-state index contributed by atoms with van der Waals surface area (Å²) in [6, 6.07) is 4.40. The van der Waals surface area contributed by atoms with Crippen molar-refractivity contribution in [2.24, 2.45) is 11.8 Å². The molecule has 1 aliphatic carbocycles. The van der Waals surface area contributed by atoms with E-state index in [9.17, 15) is 18.0 Å². The van der Waals surface area contributed by atoms with Crippen LogP contribution in [0.3, 0.4) is 0 Å². The van der Waals surface area contributed by atoms with Crippen molar-refractivity contribution in [3.05, 3.63) is 18.2 Å². The summed E-state index contributed by atoms with van der Waals surface area (Å²) in [6.07, 6.45) is 1.99. The van der Waals surface area contributed by atoms with Crippen LogP contribution in [0.15, 0.2) is 23.1 Å². The highest BCUT2D eigenvalue weighted by Crippen LogP contribution is 2.32. The quantitative estimate of drug-likeness (QED) is 0.560. The number of sulfonamides is 1. The summed E-state index contributed by atoms with van der Waals surface area (Å²) < 4.78 is 43.3. The topological polar surface area (TPSA) is 120 Å². The largest absolute Gasteiger partial charge is 0.486 e. The van der Waals surface area contributed by atoms with Crippen LogP contribution in [0.5, 0.6) is 11.5 Å². The summed E-state index contributed by atoms with van der Waals surface area (Å²) in [5.41, 5.74) is 0. The highest BCUT2D eigenvalue weighted by atomic mass is 32.2. The molecule has 1 saturated carbocycles. The fraction of sp³-hybridized carbons (Fsp3) is 0.636. The Morgan fingerprint density at radius 2 is 1.88 bits per heavy atom. The van der Waals surface area contributed by atoms with Crippen molar-refractivity contribution < 1.29 is 32.2 Å². The molecule has 10 heteroatoms. The molecule has 1 amide bonds. The first-order chi connectivity index (χ1) is 15.2. The molecule has 2 N–H and O–H groups in total. The maximum Gasteiger partial charge on any atom is 0.307 e. The number of nitrogens with one attached hydrogen (secondary N) is 2. The number of carbonyl (C=O) groups excluding carboxylic acids is 2. The Morgan fingerprint density at radius 1 is 1.16 bits per heavy atom. The standard InChI is InChI=1S/C22H32N2O7S/c1-14-5-4-6-18(15(14)2)24-22(26)16(3)31-21(25)9-10-23-32(27,28)17-7-8-19-20(13-17)30-12-11-29-19/h7-8,13-16,18,23H,4-6,9-12H2,1-3H3,(H,24,26)/t14-,15-,16+,18-/m1/s1. The van der Waals surface area contributed by atoms with Gasteiger partial charge in [0.25, 0.3) is 5.91 Å². The Kier molecular flexibility index (Phi) is 8.00. The zero-order valence-electron chi connectivity index (χ0n) is 18.8. The maximum atomic E-state index is 12.5. The zero-order valence-corrected chi connectivity index (χ0v) is 19.6. The second-order valence-electron chi connectivity index (χ2n) is 8.47. The van der Waals surface area contributed by atoms with Crippen LogP contribution in [0.4, 0.5) is 0 Å². The van der Waals surface area contributed by atoms with Crippen LogP contribution in [0.2, 0.25) is 0 Å². The predicted molar refractivity (Wildman–Crippen MR) is 117 cm³/mol. The lowest BCUT2D eigenvalue weighted by Crippen LogP contribution is -2.47. The van der Waals surface area contributed by atoms with Crippen molar-refractivity contribution in [3.63, 3.8) is 0 Å². The molecular weight excluding hydrogens is 436 g/mol. The van der Waals surface area contributed by atoms with Gasteiger partial charge in [0.15, 0.2) is 17.6 Å². The SMILES string of the molecule is C[C@@H]1[C@H](C)CCC[C@H]1NC(=O)[C@H](C)OC(=O)CCNS(=O)(=O)c1ccc2c(c1)OCCO2. The lowest BCUT2D eigenvalue weighted by atomic mass is 9.78. The molecule has 1 aromatic carbocycles. The lowest BCUT2D eigenvalue weighted by Gasteiger charge is -2.35. The van der Waals surface area contributed by atoms with Crippen LogP contribution < -0.4 is 19.5 Å². The molecular formula is C22H32N2O7S. The van der Waals surface area contributed by atoms with Crippen LogP contribution in [0.25, 0.3) is 0 Å². The molecule has 0 aromatic heterocycles. The Hall–Kier alpha value is -2.33. The molecule has 4 atom stereocenters. The molecule has 1 fully saturated rings. The van der Waals surface area contributed by atoms with Gasteiger partial charge in [-0.05, 0) is 37.3 Å². The summed E-state index contributed by atoms with van der Waals surface area (Å²) in [6.45, 7) is 6.43. The van der Waals surface area contributed by atoms with Crippen molar-refractivity contribution >= 4 is 21.9 Å². The Balaban J connectivity index is 1.44. The van der Waals surface area contributed by atoms with Crippen molar-refractivity contribution in [2.45, 2.75) is 63.5 Å². The van der Waals surface area contributed by atoms with E-state index in [1.165, 1.54) is 25.1 Å². The molecule has 1 aromatic rings. The fourth-order valence-electron chi connectivity index (χ4n) is 3.96. The van der Waals surface area contributed by atoms with Gasteiger partial charge in [0.1, 0.15) is 13.2 Å². The summed E-state index contributed by atoms with van der Waals surface area (Å²) in [4.78, 5) is 24.5. The number of ether oxygens (including phenoxy) is 3. The number of hydrogen-bond acceptors (Lipinski definition) is 7. The highest BCUT2D eigenvalue weighted by Gasteiger charge is 2.30. The van der Waals surface area contributed by atoms with Crippen LogP contribution >= 0.6 is 0 Å². The number of esters is 1. The minimum absolute atomic E-state index is 0.0127. The van der Waals surface area contributed by atoms with E-state index in [-0.39, 0.29) is 29.8 Å². The van der Waals surface area contributed by atoms with E-state index in [4.69, 9.17) is 14.2 Å². The minimum atomic E-state index is -3.84. The third-order valence-electron chi connectivity index (χ3n) is 6.16. The number of fused-ring (bicyclic) bond motifs is 1. The van der Waals surface area contributed by atoms with Gasteiger partial charge in [0, 0.05) is 18.7 Å². The van der Waals surface area contributed by atoms with Gasteiger partial charge in [-0.2, -0.15) is 0 Å². The molecule has 1 heterocycles. The molecule has 9 nitrogen and oxygen atoms in total. The molecule has 2 aliphatic rings. The molecule has 178 valence electrons. The van der Waals surface area contributed by atoms with Crippen molar-refractivity contribution in [2.75, 3.05) is 19.8 Å². The first kappa shape index (κ1) is 24.3. The number of benzene rings is 1. The van der Waals surface area contributed by atoms with Crippen molar-refractivity contribution in [1.29, 1.82) is 0 Å². The second-order valence-corrected chi connectivity index (χ2v) is 10.2. The molecule has 0 bridgehead atoms. The third kappa shape index (κ3) is 6.13. The van der Waals surface area contributed by atoms with Gasteiger partial charge in [-0.25, -0.2) is 13.1 Å². The van der Waals surface area contributed by atoms with E-state index in [0.717, 1.165) is 19.3 Å². The number of amides is 1. The van der Waals surface area contributed by atoms with Crippen molar-refractivity contribution in [1.82, 2.24) is 10.0 Å². The Bertz CT molecular complexity index is 934. The van der Waals surface area contributed by atoms with E-state index in [0.29, 0.717) is 36.5 Å². The minimum Gasteiger partial charge on any atom is -0.486 e. The monoisotopic (exact) mass is 468 g/mol. The molecule has 0 spiro atoms. The summed E-state index contributed by atoms with van der Waals surface area (Å²) >= 11 is 0. The molecule has 32 heavy (non-hydrogen) atoms. The number of rotatable bonds is 8. The van der Waals surface area contributed by atoms with Crippen LogP contribution in [0, 0.1) is 11.8 Å². The second kappa shape index (κ2) is 10.5.